The first-order valence-corrected chi connectivity index (χ1v) is 15.3. The Morgan fingerprint density at radius 2 is 1.78 bits per heavy atom. The van der Waals surface area contributed by atoms with Crippen molar-refractivity contribution in [2.75, 3.05) is 35.8 Å². The van der Waals surface area contributed by atoms with Gasteiger partial charge in [0.25, 0.3) is 10.0 Å². The number of hydrogen-bond acceptors (Lipinski definition) is 6. The van der Waals surface area contributed by atoms with E-state index in [1.807, 2.05) is 0 Å². The number of piperidine rings is 2. The van der Waals surface area contributed by atoms with Crippen LogP contribution in [0.5, 0.6) is 0 Å². The summed E-state index contributed by atoms with van der Waals surface area (Å²) < 4.78 is 83.1. The highest BCUT2D eigenvalue weighted by Crippen LogP contribution is 2.37. The van der Waals surface area contributed by atoms with Crippen molar-refractivity contribution in [3.8, 4) is 0 Å². The summed E-state index contributed by atoms with van der Waals surface area (Å²) >= 11 is 0. The smallest absolute Gasteiger partial charge is 0.370 e. The standard InChI is InChI=1S/C29H33F4N5O2S/c30-25-19-24(8-9-26(25)41(39,40)36-27-11-14-34-21-35-27)37-15-5-12-28(20-37,38-16-2-1-3-17-38)13-10-22-6-4-7-23(18-22)29(31,32)33/h4,6-9,11,14,18-19,21H,1-3,5,10,12-13,15-17,20H2,(H,34,35,36)/t28-/m1/s1. The van der Waals surface area contributed by atoms with Crippen LogP contribution in [0, 0.1) is 5.82 Å². The average molecular weight is 592 g/mol. The van der Waals surface area contributed by atoms with Gasteiger partial charge in [-0.05, 0) is 87.5 Å². The number of benzene rings is 2. The fourth-order valence-corrected chi connectivity index (χ4v) is 7.12. The van der Waals surface area contributed by atoms with Crippen LogP contribution in [0.3, 0.4) is 0 Å². The van der Waals surface area contributed by atoms with Crippen molar-refractivity contribution < 1.29 is 26.0 Å². The van der Waals surface area contributed by atoms with Crippen LogP contribution in [0.2, 0.25) is 0 Å². The number of hydrogen-bond donors (Lipinski definition) is 1. The highest BCUT2D eigenvalue weighted by atomic mass is 32.2. The number of rotatable bonds is 8. The molecule has 1 N–H and O–H groups in total. The molecule has 0 spiro atoms. The summed E-state index contributed by atoms with van der Waals surface area (Å²) in [5, 5.41) is 0. The molecule has 5 rings (SSSR count). The number of anilines is 2. The average Bonchev–Trinajstić information content (AvgIpc) is 2.96. The Hall–Kier alpha value is -3.25. The van der Waals surface area contributed by atoms with Crippen molar-refractivity contribution in [3.05, 3.63) is 78.0 Å². The lowest BCUT2D eigenvalue weighted by molar-refractivity contribution is -0.137. The fraction of sp³-hybridized carbons (Fsp3) is 0.448. The van der Waals surface area contributed by atoms with Crippen molar-refractivity contribution in [2.24, 2.45) is 0 Å². The van der Waals surface area contributed by atoms with E-state index in [-0.39, 0.29) is 11.4 Å². The Bertz CT molecular complexity index is 1450. The van der Waals surface area contributed by atoms with Crippen LogP contribution in [0.4, 0.5) is 29.1 Å². The number of nitrogens with one attached hydrogen (secondary N) is 1. The zero-order valence-corrected chi connectivity index (χ0v) is 23.4. The van der Waals surface area contributed by atoms with Crippen molar-refractivity contribution >= 4 is 21.5 Å². The van der Waals surface area contributed by atoms with Crippen LogP contribution in [0.25, 0.3) is 0 Å². The van der Waals surface area contributed by atoms with E-state index < -0.39 is 32.5 Å². The van der Waals surface area contributed by atoms with Gasteiger partial charge in [-0.3, -0.25) is 9.62 Å². The summed E-state index contributed by atoms with van der Waals surface area (Å²) in [4.78, 5) is 11.6. The molecular formula is C29H33F4N5O2S. The molecule has 220 valence electrons. The summed E-state index contributed by atoms with van der Waals surface area (Å²) in [6.45, 7) is 3.08. The largest absolute Gasteiger partial charge is 0.416 e. The van der Waals surface area contributed by atoms with Crippen molar-refractivity contribution in [3.63, 3.8) is 0 Å². The van der Waals surface area contributed by atoms with Crippen LogP contribution in [0.15, 0.2) is 66.0 Å². The van der Waals surface area contributed by atoms with Gasteiger partial charge < -0.3 is 4.90 Å². The molecule has 1 aromatic heterocycles. The molecule has 1 atom stereocenters. The maximum absolute atomic E-state index is 15.3. The summed E-state index contributed by atoms with van der Waals surface area (Å²) in [5.41, 5.74) is 0.281. The summed E-state index contributed by atoms with van der Waals surface area (Å²) in [6.07, 6.45) is 4.33. The molecule has 0 aliphatic carbocycles. The third-order valence-corrected chi connectivity index (χ3v) is 9.49. The van der Waals surface area contributed by atoms with E-state index in [2.05, 4.69) is 24.5 Å². The summed E-state index contributed by atoms with van der Waals surface area (Å²) in [5.74, 6) is -0.839. The third kappa shape index (κ3) is 6.81. The number of likely N-dealkylation sites (tertiary alicyclic amines) is 1. The Balaban J connectivity index is 1.37. The molecule has 0 radical (unpaired) electrons. The number of nitrogens with zero attached hydrogens (tertiary/aromatic N) is 4. The van der Waals surface area contributed by atoms with Crippen LogP contribution in [-0.4, -0.2) is 55.0 Å². The SMILES string of the molecule is O=S(=O)(Nc1ccncn1)c1ccc(N2CCC[C@](CCc3cccc(C(F)(F)F)c3)(N3CCCCC3)C2)cc1F. The van der Waals surface area contributed by atoms with Gasteiger partial charge in [0, 0.05) is 30.5 Å². The Labute approximate surface area is 237 Å². The normalized spacial score (nSPS) is 20.6. The van der Waals surface area contributed by atoms with Gasteiger partial charge in [0.05, 0.1) is 5.56 Å². The number of sulfonamides is 1. The number of aromatic nitrogens is 2. The minimum atomic E-state index is -4.39. The molecule has 2 aliphatic rings. The lowest BCUT2D eigenvalue weighted by Crippen LogP contribution is -2.60. The first kappa shape index (κ1) is 29.2. The topological polar surface area (TPSA) is 78.4 Å². The molecule has 2 fully saturated rings. The summed E-state index contributed by atoms with van der Waals surface area (Å²) in [6, 6.07) is 11.0. The monoisotopic (exact) mass is 591 g/mol. The second-order valence-electron chi connectivity index (χ2n) is 10.8. The molecule has 0 saturated carbocycles. The molecule has 2 aliphatic heterocycles. The molecular weight excluding hydrogens is 558 g/mol. The van der Waals surface area contributed by atoms with Crippen molar-refractivity contribution in [1.82, 2.24) is 14.9 Å². The van der Waals surface area contributed by atoms with Crippen LogP contribution >= 0.6 is 0 Å². The lowest BCUT2D eigenvalue weighted by Gasteiger charge is -2.52. The first-order chi connectivity index (χ1) is 19.6. The highest BCUT2D eigenvalue weighted by molar-refractivity contribution is 7.92. The van der Waals surface area contributed by atoms with Gasteiger partial charge >= 0.3 is 6.18 Å². The molecule has 7 nitrogen and oxygen atoms in total. The Morgan fingerprint density at radius 3 is 2.49 bits per heavy atom. The van der Waals surface area contributed by atoms with E-state index in [1.54, 1.807) is 12.1 Å². The molecule has 3 aromatic rings. The second kappa shape index (κ2) is 11.9. The van der Waals surface area contributed by atoms with Gasteiger partial charge in [0.1, 0.15) is 22.9 Å². The van der Waals surface area contributed by atoms with Gasteiger partial charge in [0.2, 0.25) is 0 Å². The van der Waals surface area contributed by atoms with E-state index in [1.165, 1.54) is 42.9 Å². The number of halogens is 4. The predicted octanol–water partition coefficient (Wildman–Crippen LogP) is 5.89. The maximum atomic E-state index is 15.3. The van der Waals surface area contributed by atoms with Gasteiger partial charge in [-0.1, -0.05) is 24.6 Å². The van der Waals surface area contributed by atoms with Crippen molar-refractivity contribution in [2.45, 2.75) is 61.6 Å². The molecule has 3 heterocycles. The van der Waals surface area contributed by atoms with Crippen LogP contribution in [-0.2, 0) is 22.6 Å². The van der Waals surface area contributed by atoms with Gasteiger partial charge in [-0.15, -0.1) is 0 Å². The Kier molecular flexibility index (Phi) is 8.51. The summed E-state index contributed by atoms with van der Waals surface area (Å²) in [7, 11) is -4.21. The van der Waals surface area contributed by atoms with E-state index in [0.717, 1.165) is 51.3 Å². The van der Waals surface area contributed by atoms with Crippen LogP contribution < -0.4 is 9.62 Å². The molecule has 0 amide bonds. The zero-order valence-electron chi connectivity index (χ0n) is 22.6. The third-order valence-electron chi connectivity index (χ3n) is 8.11. The van der Waals surface area contributed by atoms with Crippen molar-refractivity contribution in [1.29, 1.82) is 0 Å². The lowest BCUT2D eigenvalue weighted by atomic mass is 9.80. The quantitative estimate of drug-likeness (QED) is 0.329. The highest BCUT2D eigenvalue weighted by Gasteiger charge is 2.41. The minimum absolute atomic E-state index is 0.0339. The van der Waals surface area contributed by atoms with Gasteiger partial charge in [-0.2, -0.15) is 13.2 Å². The molecule has 41 heavy (non-hydrogen) atoms. The Morgan fingerprint density at radius 1 is 0.976 bits per heavy atom. The van der Waals surface area contributed by atoms with E-state index in [0.29, 0.717) is 37.2 Å². The van der Waals surface area contributed by atoms with E-state index in [4.69, 9.17) is 0 Å². The minimum Gasteiger partial charge on any atom is -0.370 e. The van der Waals surface area contributed by atoms with E-state index in [9.17, 15) is 21.6 Å². The molecule has 0 unspecified atom stereocenters. The molecule has 2 saturated heterocycles. The number of aryl methyl sites for hydroxylation is 1. The fourth-order valence-electron chi connectivity index (χ4n) is 6.05. The maximum Gasteiger partial charge on any atom is 0.416 e. The predicted molar refractivity (Wildman–Crippen MR) is 149 cm³/mol. The van der Waals surface area contributed by atoms with Gasteiger partial charge in [0.15, 0.2) is 0 Å². The van der Waals surface area contributed by atoms with E-state index >= 15 is 4.39 Å². The molecule has 12 heteroatoms. The molecule has 2 aromatic carbocycles. The number of alkyl halides is 3. The zero-order chi connectivity index (χ0) is 29.1. The van der Waals surface area contributed by atoms with Crippen LogP contribution in [0.1, 0.15) is 49.7 Å². The first-order valence-electron chi connectivity index (χ1n) is 13.8. The second-order valence-corrected chi connectivity index (χ2v) is 12.5. The molecule has 0 bridgehead atoms. The van der Waals surface area contributed by atoms with Gasteiger partial charge in [-0.25, -0.2) is 22.8 Å².